The van der Waals surface area contributed by atoms with E-state index in [1.54, 1.807) is 41.9 Å². The van der Waals surface area contributed by atoms with Gasteiger partial charge in [0, 0.05) is 25.2 Å². The molecule has 0 unspecified atom stereocenters. The van der Waals surface area contributed by atoms with Crippen LogP contribution in [0.15, 0.2) is 36.4 Å². The van der Waals surface area contributed by atoms with Crippen molar-refractivity contribution in [1.82, 2.24) is 14.8 Å². The molecule has 1 N–H and O–H groups in total. The minimum atomic E-state index is -0.392. The molecule has 5 rings (SSSR count). The Balaban J connectivity index is 1.59. The SMILES string of the molecule is C[C@H]1[C@H](NC(=O)c2ccc(-c3ccccc3[N+](=O)[O-])n2C)C2CCN1CC2. The first-order chi connectivity index (χ1) is 13.0. The monoisotopic (exact) mass is 368 g/mol. The van der Waals surface area contributed by atoms with Gasteiger partial charge in [0.2, 0.25) is 0 Å². The highest BCUT2D eigenvalue weighted by atomic mass is 16.6. The van der Waals surface area contributed by atoms with Gasteiger partial charge < -0.3 is 9.88 Å². The summed E-state index contributed by atoms with van der Waals surface area (Å²) < 4.78 is 1.74. The zero-order chi connectivity index (χ0) is 19.1. The molecule has 1 aromatic carbocycles. The van der Waals surface area contributed by atoms with Crippen LogP contribution >= 0.6 is 0 Å². The molecule has 7 nitrogen and oxygen atoms in total. The Morgan fingerprint density at radius 1 is 1.19 bits per heavy atom. The van der Waals surface area contributed by atoms with Gasteiger partial charge in [0.15, 0.2) is 0 Å². The molecule has 0 radical (unpaired) electrons. The Bertz CT molecular complexity index is 881. The maximum Gasteiger partial charge on any atom is 0.278 e. The topological polar surface area (TPSA) is 80.4 Å². The lowest BCUT2D eigenvalue weighted by Gasteiger charge is -2.49. The molecule has 3 aliphatic heterocycles. The van der Waals surface area contributed by atoms with Crippen molar-refractivity contribution >= 4 is 11.6 Å². The average molecular weight is 368 g/mol. The maximum absolute atomic E-state index is 12.9. The molecule has 142 valence electrons. The van der Waals surface area contributed by atoms with Crippen LogP contribution in [0.3, 0.4) is 0 Å². The van der Waals surface area contributed by atoms with Crippen LogP contribution < -0.4 is 5.32 Å². The number of nitrogens with zero attached hydrogens (tertiary/aromatic N) is 3. The van der Waals surface area contributed by atoms with E-state index >= 15 is 0 Å². The number of fused-ring (bicyclic) bond motifs is 3. The highest BCUT2D eigenvalue weighted by Gasteiger charge is 2.40. The van der Waals surface area contributed by atoms with Gasteiger partial charge in [0.1, 0.15) is 5.69 Å². The molecule has 4 heterocycles. The van der Waals surface area contributed by atoms with E-state index in [0.717, 1.165) is 25.9 Å². The Morgan fingerprint density at radius 2 is 1.89 bits per heavy atom. The van der Waals surface area contributed by atoms with Crippen LogP contribution in [0.4, 0.5) is 5.69 Å². The van der Waals surface area contributed by atoms with Gasteiger partial charge in [-0.25, -0.2) is 0 Å². The minimum absolute atomic E-state index is 0.0386. The van der Waals surface area contributed by atoms with Gasteiger partial charge in [-0.05, 0) is 57.0 Å². The normalized spacial score (nSPS) is 26.7. The van der Waals surface area contributed by atoms with Gasteiger partial charge in [0.05, 0.1) is 16.2 Å². The van der Waals surface area contributed by atoms with Gasteiger partial charge in [-0.2, -0.15) is 0 Å². The molecule has 1 amide bonds. The summed E-state index contributed by atoms with van der Waals surface area (Å²) in [5.41, 5.74) is 1.73. The third-order valence-electron chi connectivity index (χ3n) is 6.21. The number of amides is 1. The number of rotatable bonds is 4. The first-order valence-corrected chi connectivity index (χ1v) is 9.42. The summed E-state index contributed by atoms with van der Waals surface area (Å²) >= 11 is 0. The summed E-state index contributed by atoms with van der Waals surface area (Å²) in [6, 6.07) is 10.6. The number of nitrogens with one attached hydrogen (secondary N) is 1. The van der Waals surface area contributed by atoms with Crippen molar-refractivity contribution in [3.63, 3.8) is 0 Å². The molecular formula is C20H24N4O3. The zero-order valence-electron chi connectivity index (χ0n) is 15.6. The van der Waals surface area contributed by atoms with E-state index in [9.17, 15) is 14.9 Å². The van der Waals surface area contributed by atoms with Crippen molar-refractivity contribution in [2.24, 2.45) is 13.0 Å². The number of carbonyl (C=O) groups is 1. The van der Waals surface area contributed by atoms with Crippen LogP contribution in [-0.2, 0) is 7.05 Å². The molecule has 27 heavy (non-hydrogen) atoms. The number of para-hydroxylation sites is 1. The predicted octanol–water partition coefficient (Wildman–Crippen LogP) is 2.81. The van der Waals surface area contributed by atoms with Gasteiger partial charge in [-0.3, -0.25) is 19.8 Å². The number of aromatic nitrogens is 1. The Kier molecular flexibility index (Phi) is 4.47. The number of carbonyl (C=O) groups excluding carboxylic acids is 1. The number of nitro benzene ring substituents is 1. The van der Waals surface area contributed by atoms with Crippen LogP contribution in [0.2, 0.25) is 0 Å². The molecule has 2 bridgehead atoms. The molecule has 0 aliphatic carbocycles. The lowest BCUT2D eigenvalue weighted by molar-refractivity contribution is -0.384. The Morgan fingerprint density at radius 3 is 2.56 bits per heavy atom. The highest BCUT2D eigenvalue weighted by molar-refractivity contribution is 5.94. The second-order valence-electron chi connectivity index (χ2n) is 7.55. The largest absolute Gasteiger partial charge is 0.346 e. The van der Waals surface area contributed by atoms with Gasteiger partial charge >= 0.3 is 0 Å². The fraction of sp³-hybridized carbons (Fsp3) is 0.450. The average Bonchev–Trinajstić information content (AvgIpc) is 3.06. The van der Waals surface area contributed by atoms with Crippen molar-refractivity contribution in [1.29, 1.82) is 0 Å². The van der Waals surface area contributed by atoms with Crippen LogP contribution in [0.1, 0.15) is 30.3 Å². The van der Waals surface area contributed by atoms with Gasteiger partial charge in [0.25, 0.3) is 11.6 Å². The van der Waals surface area contributed by atoms with Crippen molar-refractivity contribution in [2.75, 3.05) is 13.1 Å². The second kappa shape index (κ2) is 6.81. The highest BCUT2D eigenvalue weighted by Crippen LogP contribution is 2.33. The smallest absolute Gasteiger partial charge is 0.278 e. The van der Waals surface area contributed by atoms with Crippen LogP contribution in [0, 0.1) is 16.0 Å². The zero-order valence-corrected chi connectivity index (χ0v) is 15.6. The van der Waals surface area contributed by atoms with E-state index in [-0.39, 0.29) is 17.6 Å². The fourth-order valence-electron chi connectivity index (χ4n) is 4.63. The first kappa shape index (κ1) is 17.7. The second-order valence-corrected chi connectivity index (χ2v) is 7.55. The summed E-state index contributed by atoms with van der Waals surface area (Å²) in [5, 5.41) is 14.6. The molecule has 0 saturated carbocycles. The van der Waals surface area contributed by atoms with Crippen molar-refractivity contribution in [3.05, 3.63) is 52.2 Å². The van der Waals surface area contributed by atoms with Crippen LogP contribution in [-0.4, -0.2) is 45.5 Å². The predicted molar refractivity (Wildman–Crippen MR) is 103 cm³/mol. The summed E-state index contributed by atoms with van der Waals surface area (Å²) in [5.74, 6) is 0.414. The molecule has 2 atom stereocenters. The molecule has 3 aliphatic rings. The third kappa shape index (κ3) is 3.02. The van der Waals surface area contributed by atoms with Crippen LogP contribution in [0.5, 0.6) is 0 Å². The van der Waals surface area contributed by atoms with Crippen molar-refractivity contribution in [3.8, 4) is 11.3 Å². The van der Waals surface area contributed by atoms with Crippen molar-refractivity contribution in [2.45, 2.75) is 31.8 Å². The van der Waals surface area contributed by atoms with E-state index in [0.29, 0.717) is 28.9 Å². The quantitative estimate of drug-likeness (QED) is 0.665. The first-order valence-electron chi connectivity index (χ1n) is 9.42. The Hall–Kier alpha value is -2.67. The number of benzene rings is 1. The molecule has 3 fully saturated rings. The number of hydrogen-bond acceptors (Lipinski definition) is 4. The fourth-order valence-corrected chi connectivity index (χ4v) is 4.63. The van der Waals surface area contributed by atoms with E-state index < -0.39 is 4.92 Å². The number of hydrogen-bond donors (Lipinski definition) is 1. The van der Waals surface area contributed by atoms with Crippen LogP contribution in [0.25, 0.3) is 11.3 Å². The van der Waals surface area contributed by atoms with Gasteiger partial charge in [-0.15, -0.1) is 0 Å². The Labute approximate surface area is 158 Å². The minimum Gasteiger partial charge on any atom is -0.346 e. The lowest BCUT2D eigenvalue weighted by atomic mass is 9.79. The van der Waals surface area contributed by atoms with E-state index in [1.165, 1.54) is 6.07 Å². The molecule has 7 heteroatoms. The number of nitro groups is 1. The summed E-state index contributed by atoms with van der Waals surface area (Å²) in [7, 11) is 1.78. The summed E-state index contributed by atoms with van der Waals surface area (Å²) in [6.07, 6.45) is 2.26. The van der Waals surface area contributed by atoms with E-state index in [1.807, 2.05) is 0 Å². The third-order valence-corrected chi connectivity index (χ3v) is 6.21. The summed E-state index contributed by atoms with van der Waals surface area (Å²) in [4.78, 5) is 26.3. The molecular weight excluding hydrogens is 344 g/mol. The molecule has 2 aromatic rings. The van der Waals surface area contributed by atoms with Gasteiger partial charge in [-0.1, -0.05) is 12.1 Å². The standard InChI is InChI=1S/C20H24N4O3/c1-13-19(14-9-11-23(13)12-10-14)21-20(25)18-8-7-16(22(18)2)15-5-3-4-6-17(15)24(26)27/h3-8,13-14,19H,9-12H2,1-2H3,(H,21,25)/t13-,19-/m0/s1. The molecule has 1 aromatic heterocycles. The van der Waals surface area contributed by atoms with E-state index in [4.69, 9.17) is 0 Å². The van der Waals surface area contributed by atoms with E-state index in [2.05, 4.69) is 17.1 Å². The van der Waals surface area contributed by atoms with Crippen molar-refractivity contribution < 1.29 is 9.72 Å². The molecule has 3 saturated heterocycles. The maximum atomic E-state index is 12.9. The molecule has 0 spiro atoms. The lowest BCUT2D eigenvalue weighted by Crippen LogP contribution is -2.62. The summed E-state index contributed by atoms with van der Waals surface area (Å²) in [6.45, 7) is 4.41. The number of piperidine rings is 3.